The van der Waals surface area contributed by atoms with Gasteiger partial charge in [0.2, 0.25) is 0 Å². The maximum Gasteiger partial charge on any atom is 0.0700 e. The van der Waals surface area contributed by atoms with Gasteiger partial charge in [0.05, 0.1) is 19.3 Å². The molecular formula is C39H82O4. The largest absolute Gasteiger partial charge is 0.381 e. The molecule has 0 saturated heterocycles. The molecule has 4 heteroatoms. The van der Waals surface area contributed by atoms with Crippen molar-refractivity contribution in [1.82, 2.24) is 0 Å². The number of rotatable bonds is 17. The van der Waals surface area contributed by atoms with E-state index >= 15 is 0 Å². The van der Waals surface area contributed by atoms with E-state index in [9.17, 15) is 0 Å². The fraction of sp³-hybridized carbons (Fsp3) is 1.00. The zero-order valence-electron chi connectivity index (χ0n) is 31.7. The van der Waals surface area contributed by atoms with Gasteiger partial charge < -0.3 is 18.9 Å². The Bertz CT molecular complexity index is 497. The van der Waals surface area contributed by atoms with E-state index in [4.69, 9.17) is 18.9 Å². The summed E-state index contributed by atoms with van der Waals surface area (Å²) in [6.07, 6.45) is 17.9. The Hall–Kier alpha value is -0.160. The van der Waals surface area contributed by atoms with Gasteiger partial charge in [-0.15, -0.1) is 0 Å². The summed E-state index contributed by atoms with van der Waals surface area (Å²) in [5, 5.41) is 0. The number of ether oxygens (including phenoxy) is 4. The highest BCUT2D eigenvalue weighted by atomic mass is 16.5. The van der Waals surface area contributed by atoms with Gasteiger partial charge in [-0.3, -0.25) is 0 Å². The third kappa shape index (κ3) is 26.7. The molecule has 0 aromatic carbocycles. The predicted molar refractivity (Wildman–Crippen MR) is 190 cm³/mol. The van der Waals surface area contributed by atoms with Crippen LogP contribution in [0.5, 0.6) is 0 Å². The third-order valence-electron chi connectivity index (χ3n) is 9.19. The van der Waals surface area contributed by atoms with E-state index in [-0.39, 0.29) is 0 Å². The van der Waals surface area contributed by atoms with Crippen LogP contribution in [0, 0.1) is 35.0 Å². The standard InChI is InChI=1S/C17H32.C8H18O2.C8H18O.C6H14O/c1-13-5-9-15(10-6-13)17(3,4)16-11-7-14(2)8-12-16;1-3-5-9-7-8-10-6-4-2;1-5-8(4)9-6-7(2)3;1-3-5-7-6-4-2/h13-16H,5-12H2,1-4H3;3-8H2,1-2H3;7-8H,5-6H2,1-4H3;3-6H2,1-2H3. The number of hydrogen-bond acceptors (Lipinski definition) is 4. The molecule has 0 heterocycles. The fourth-order valence-electron chi connectivity index (χ4n) is 5.82. The van der Waals surface area contributed by atoms with E-state index in [1.807, 2.05) is 0 Å². The van der Waals surface area contributed by atoms with E-state index in [2.05, 4.69) is 83.1 Å². The Morgan fingerprint density at radius 3 is 1.14 bits per heavy atom. The second kappa shape index (κ2) is 30.5. The lowest BCUT2D eigenvalue weighted by Gasteiger charge is -2.46. The molecule has 43 heavy (non-hydrogen) atoms. The van der Waals surface area contributed by atoms with Gasteiger partial charge in [0.25, 0.3) is 0 Å². The van der Waals surface area contributed by atoms with Crippen LogP contribution in [0.3, 0.4) is 0 Å². The lowest BCUT2D eigenvalue weighted by Crippen LogP contribution is -2.36. The highest BCUT2D eigenvalue weighted by Gasteiger charge is 2.39. The van der Waals surface area contributed by atoms with E-state index in [1.165, 1.54) is 51.4 Å². The fourth-order valence-corrected chi connectivity index (χ4v) is 5.82. The highest BCUT2D eigenvalue weighted by molar-refractivity contribution is 4.89. The van der Waals surface area contributed by atoms with E-state index in [0.29, 0.717) is 17.4 Å². The normalized spacial score (nSPS) is 22.8. The van der Waals surface area contributed by atoms with Crippen molar-refractivity contribution >= 4 is 0 Å². The molecule has 0 aliphatic heterocycles. The molecule has 0 aromatic heterocycles. The molecule has 0 radical (unpaired) electrons. The van der Waals surface area contributed by atoms with Crippen LogP contribution in [0.2, 0.25) is 0 Å². The monoisotopic (exact) mass is 615 g/mol. The average molecular weight is 615 g/mol. The zero-order valence-corrected chi connectivity index (χ0v) is 31.7. The van der Waals surface area contributed by atoms with Gasteiger partial charge in [-0.25, -0.2) is 0 Å². The molecule has 2 aliphatic carbocycles. The minimum Gasteiger partial charge on any atom is -0.381 e. The molecule has 1 unspecified atom stereocenters. The molecule has 0 spiro atoms. The Morgan fingerprint density at radius 2 is 0.860 bits per heavy atom. The minimum atomic E-state index is 0.437. The molecule has 0 aromatic rings. The first-order chi connectivity index (χ1) is 20.5. The van der Waals surface area contributed by atoms with E-state index in [0.717, 1.165) is 102 Å². The summed E-state index contributed by atoms with van der Waals surface area (Å²) in [7, 11) is 0. The SMILES string of the molecule is CC1CCC(C(C)(C)C2CCC(C)CC2)CC1.CCC(C)OCC(C)C.CCCOCCC.CCCOCCOCCC. The molecule has 2 saturated carbocycles. The van der Waals surface area contributed by atoms with Crippen molar-refractivity contribution in [2.24, 2.45) is 35.0 Å². The van der Waals surface area contributed by atoms with Crippen LogP contribution in [-0.2, 0) is 18.9 Å². The molecule has 2 aliphatic rings. The first-order valence-electron chi connectivity index (χ1n) is 18.8. The molecule has 0 bridgehead atoms. The predicted octanol–water partition coefficient (Wildman–Crippen LogP) is 11.8. The lowest BCUT2D eigenvalue weighted by atomic mass is 9.59. The Balaban J connectivity index is 0. The second-order valence-corrected chi connectivity index (χ2v) is 14.5. The molecule has 1 atom stereocenters. The van der Waals surface area contributed by atoms with Crippen LogP contribution in [0.25, 0.3) is 0 Å². The molecule has 2 rings (SSSR count). The summed E-state index contributed by atoms with van der Waals surface area (Å²) in [6, 6.07) is 0. The van der Waals surface area contributed by atoms with Gasteiger partial charge in [-0.05, 0) is 99.7 Å². The zero-order chi connectivity index (χ0) is 32.9. The minimum absolute atomic E-state index is 0.437. The van der Waals surface area contributed by atoms with Crippen molar-refractivity contribution < 1.29 is 18.9 Å². The van der Waals surface area contributed by atoms with Crippen LogP contribution in [0.1, 0.15) is 167 Å². The molecule has 0 N–H and O–H groups in total. The van der Waals surface area contributed by atoms with Gasteiger partial charge in [-0.2, -0.15) is 0 Å². The van der Waals surface area contributed by atoms with Gasteiger partial charge in [-0.1, -0.05) is 102 Å². The van der Waals surface area contributed by atoms with E-state index in [1.54, 1.807) is 0 Å². The van der Waals surface area contributed by atoms with Crippen LogP contribution in [0.15, 0.2) is 0 Å². The topological polar surface area (TPSA) is 36.9 Å². The van der Waals surface area contributed by atoms with Gasteiger partial charge in [0, 0.05) is 33.0 Å². The third-order valence-corrected chi connectivity index (χ3v) is 9.19. The van der Waals surface area contributed by atoms with Crippen LogP contribution in [0.4, 0.5) is 0 Å². The van der Waals surface area contributed by atoms with Crippen molar-refractivity contribution in [2.45, 2.75) is 173 Å². The van der Waals surface area contributed by atoms with Crippen molar-refractivity contribution in [3.63, 3.8) is 0 Å². The molecule has 2 fully saturated rings. The van der Waals surface area contributed by atoms with Crippen LogP contribution < -0.4 is 0 Å². The maximum absolute atomic E-state index is 5.45. The first-order valence-corrected chi connectivity index (χ1v) is 18.8. The summed E-state index contributed by atoms with van der Waals surface area (Å²) in [5.41, 5.74) is 0.611. The summed E-state index contributed by atoms with van der Waals surface area (Å²) >= 11 is 0. The van der Waals surface area contributed by atoms with Crippen LogP contribution >= 0.6 is 0 Å². The van der Waals surface area contributed by atoms with Gasteiger partial charge in [0.1, 0.15) is 0 Å². The number of hydrogen-bond donors (Lipinski definition) is 0. The Labute approximate surface area is 272 Å². The van der Waals surface area contributed by atoms with Crippen LogP contribution in [-0.4, -0.2) is 52.4 Å². The maximum atomic E-state index is 5.45. The van der Waals surface area contributed by atoms with E-state index < -0.39 is 0 Å². The van der Waals surface area contributed by atoms with Crippen molar-refractivity contribution in [3.05, 3.63) is 0 Å². The molecule has 262 valence electrons. The summed E-state index contributed by atoms with van der Waals surface area (Å²) < 4.78 is 21.0. The lowest BCUT2D eigenvalue weighted by molar-refractivity contribution is 0.0421. The highest BCUT2D eigenvalue weighted by Crippen LogP contribution is 2.49. The van der Waals surface area contributed by atoms with Gasteiger partial charge >= 0.3 is 0 Å². The Morgan fingerprint density at radius 1 is 0.535 bits per heavy atom. The van der Waals surface area contributed by atoms with Crippen molar-refractivity contribution in [2.75, 3.05) is 46.2 Å². The van der Waals surface area contributed by atoms with Gasteiger partial charge in [0.15, 0.2) is 0 Å². The van der Waals surface area contributed by atoms with Crippen molar-refractivity contribution in [3.8, 4) is 0 Å². The summed E-state index contributed by atoms with van der Waals surface area (Å²) in [6.45, 7) is 33.0. The first kappa shape index (κ1) is 45.0. The summed E-state index contributed by atoms with van der Waals surface area (Å²) in [4.78, 5) is 0. The van der Waals surface area contributed by atoms with Crippen molar-refractivity contribution in [1.29, 1.82) is 0 Å². The average Bonchev–Trinajstić information content (AvgIpc) is 2.99. The molecular weight excluding hydrogens is 532 g/mol. The molecule has 4 nitrogen and oxygen atoms in total. The quantitative estimate of drug-likeness (QED) is 0.153. The smallest absolute Gasteiger partial charge is 0.0700 e. The second-order valence-electron chi connectivity index (χ2n) is 14.5. The summed E-state index contributed by atoms with van der Waals surface area (Å²) in [5.74, 6) is 4.68. The molecule has 0 amide bonds. The Kier molecular flexibility index (Phi) is 31.9.